The van der Waals surface area contributed by atoms with Crippen LogP contribution in [0.4, 0.5) is 0 Å². The summed E-state index contributed by atoms with van der Waals surface area (Å²) in [6.45, 7) is 5.43. The highest BCUT2D eigenvalue weighted by atomic mass is 35.5. The Labute approximate surface area is 163 Å². The first kappa shape index (κ1) is 17.0. The topological polar surface area (TPSA) is 54.2 Å². The van der Waals surface area contributed by atoms with Crippen LogP contribution in [0.15, 0.2) is 30.5 Å². The van der Waals surface area contributed by atoms with Crippen molar-refractivity contribution in [2.24, 2.45) is 11.3 Å². The molecular weight excluding hydrogens is 360 g/mol. The van der Waals surface area contributed by atoms with Gasteiger partial charge in [0.05, 0.1) is 5.69 Å². The lowest BCUT2D eigenvalue weighted by Crippen LogP contribution is -2.61. The molecule has 1 spiro atoms. The minimum absolute atomic E-state index is 0.137. The summed E-state index contributed by atoms with van der Waals surface area (Å²) in [7, 11) is 2.20. The number of aromatic hydroxyl groups is 1. The minimum atomic E-state index is 0.137. The molecular formula is C21H23ClN4O. The zero-order valence-corrected chi connectivity index (χ0v) is 16.4. The first-order valence-electron chi connectivity index (χ1n) is 9.43. The number of likely N-dealkylation sites (tertiary alicyclic amines) is 1. The Balaban J connectivity index is 1.39. The van der Waals surface area contributed by atoms with E-state index in [1.807, 2.05) is 19.1 Å². The van der Waals surface area contributed by atoms with E-state index in [9.17, 15) is 5.11 Å². The third kappa shape index (κ3) is 2.80. The predicted molar refractivity (Wildman–Crippen MR) is 107 cm³/mol. The van der Waals surface area contributed by atoms with Gasteiger partial charge in [-0.05, 0) is 68.0 Å². The van der Waals surface area contributed by atoms with Gasteiger partial charge < -0.3 is 14.6 Å². The van der Waals surface area contributed by atoms with Crippen molar-refractivity contribution >= 4 is 22.6 Å². The van der Waals surface area contributed by atoms with Crippen LogP contribution in [0.25, 0.3) is 22.3 Å². The fourth-order valence-electron chi connectivity index (χ4n) is 5.24. The Kier molecular flexibility index (Phi) is 3.75. The van der Waals surface area contributed by atoms with Gasteiger partial charge in [0.2, 0.25) is 0 Å². The van der Waals surface area contributed by atoms with Crippen LogP contribution in [0.3, 0.4) is 0 Å². The lowest BCUT2D eigenvalue weighted by Gasteiger charge is -2.58. The van der Waals surface area contributed by atoms with Crippen molar-refractivity contribution in [3.8, 4) is 17.0 Å². The van der Waals surface area contributed by atoms with E-state index in [0.29, 0.717) is 21.7 Å². The van der Waals surface area contributed by atoms with Gasteiger partial charge in [-0.15, -0.1) is 10.2 Å². The molecule has 1 aromatic carbocycles. The molecule has 3 heterocycles. The number of phenolic OH excluding ortho intramolecular Hbond substituents is 1. The predicted octanol–water partition coefficient (Wildman–Crippen LogP) is 4.11. The molecule has 3 aromatic rings. The van der Waals surface area contributed by atoms with E-state index in [2.05, 4.69) is 39.0 Å². The number of nitrogens with zero attached hydrogens (tertiary/aromatic N) is 4. The van der Waals surface area contributed by atoms with Crippen LogP contribution in [-0.2, 0) is 6.54 Å². The molecule has 27 heavy (non-hydrogen) atoms. The van der Waals surface area contributed by atoms with E-state index in [-0.39, 0.29) is 5.75 Å². The van der Waals surface area contributed by atoms with Gasteiger partial charge in [-0.1, -0.05) is 11.6 Å². The summed E-state index contributed by atoms with van der Waals surface area (Å²) < 4.78 is 2.22. The van der Waals surface area contributed by atoms with Gasteiger partial charge in [0.1, 0.15) is 5.75 Å². The van der Waals surface area contributed by atoms with Gasteiger partial charge in [-0.2, -0.15) is 0 Å². The van der Waals surface area contributed by atoms with E-state index < -0.39 is 0 Å². The Morgan fingerprint density at radius 2 is 2.00 bits per heavy atom. The molecule has 140 valence electrons. The van der Waals surface area contributed by atoms with E-state index in [1.54, 1.807) is 6.07 Å². The molecule has 2 aromatic heterocycles. The van der Waals surface area contributed by atoms with Gasteiger partial charge in [-0.3, -0.25) is 0 Å². The number of benzene rings is 1. The lowest BCUT2D eigenvalue weighted by atomic mass is 9.58. The molecule has 0 unspecified atom stereocenters. The number of fused-ring (bicyclic) bond motifs is 1. The van der Waals surface area contributed by atoms with Gasteiger partial charge in [0.25, 0.3) is 0 Å². The van der Waals surface area contributed by atoms with Crippen LogP contribution >= 0.6 is 11.6 Å². The average molecular weight is 383 g/mol. The highest BCUT2D eigenvalue weighted by Crippen LogP contribution is 2.52. The van der Waals surface area contributed by atoms with Crippen molar-refractivity contribution in [3.63, 3.8) is 0 Å². The maximum Gasteiger partial charge on any atom is 0.162 e. The van der Waals surface area contributed by atoms with Crippen molar-refractivity contribution in [1.29, 1.82) is 0 Å². The normalized spacial score (nSPS) is 19.4. The number of phenols is 1. The molecule has 0 atom stereocenters. The van der Waals surface area contributed by atoms with Crippen molar-refractivity contribution in [1.82, 2.24) is 19.7 Å². The average Bonchev–Trinajstić information content (AvgIpc) is 2.93. The second kappa shape index (κ2) is 5.94. The fraction of sp³-hybridized carbons (Fsp3) is 0.429. The van der Waals surface area contributed by atoms with Crippen molar-refractivity contribution in [2.45, 2.75) is 26.3 Å². The standard InChI is InChI=1S/C21H23ClN4O/c1-13-5-16(22)7-18(27)19(13)17-6-15-3-4-26(20(15)24-23-17)10-14-8-21(9-14)11-25(2)12-21/h3-7,14,27H,8-12H2,1-2H3. The van der Waals surface area contributed by atoms with Crippen LogP contribution in [0, 0.1) is 18.3 Å². The second-order valence-electron chi connectivity index (χ2n) is 8.54. The third-order valence-electron chi connectivity index (χ3n) is 6.15. The molecule has 6 heteroatoms. The van der Waals surface area contributed by atoms with Crippen LogP contribution in [-0.4, -0.2) is 44.9 Å². The Morgan fingerprint density at radius 1 is 1.22 bits per heavy atom. The minimum Gasteiger partial charge on any atom is -0.507 e. The van der Waals surface area contributed by atoms with Gasteiger partial charge >= 0.3 is 0 Å². The third-order valence-corrected chi connectivity index (χ3v) is 6.37. The number of hydrogen-bond donors (Lipinski definition) is 1. The van der Waals surface area contributed by atoms with Gasteiger partial charge in [0, 0.05) is 41.8 Å². The summed E-state index contributed by atoms with van der Waals surface area (Å²) in [6.07, 6.45) is 4.75. The first-order chi connectivity index (χ1) is 12.9. The van der Waals surface area contributed by atoms with Gasteiger partial charge in [0.15, 0.2) is 5.65 Å². The summed E-state index contributed by atoms with van der Waals surface area (Å²) in [6, 6.07) is 7.46. The molecule has 5 nitrogen and oxygen atoms in total. The van der Waals surface area contributed by atoms with Crippen molar-refractivity contribution in [3.05, 3.63) is 41.0 Å². The molecule has 2 aliphatic rings. The Bertz CT molecular complexity index is 1010. The van der Waals surface area contributed by atoms with E-state index in [0.717, 1.165) is 29.1 Å². The number of hydrogen-bond acceptors (Lipinski definition) is 4. The molecule has 1 saturated carbocycles. The Morgan fingerprint density at radius 3 is 2.70 bits per heavy atom. The molecule has 0 amide bonds. The second-order valence-corrected chi connectivity index (χ2v) is 8.98. The summed E-state index contributed by atoms with van der Waals surface area (Å²) in [5.41, 5.74) is 3.77. The summed E-state index contributed by atoms with van der Waals surface area (Å²) >= 11 is 6.02. The summed E-state index contributed by atoms with van der Waals surface area (Å²) in [5.74, 6) is 0.872. The summed E-state index contributed by atoms with van der Waals surface area (Å²) in [5, 5.41) is 20.7. The smallest absolute Gasteiger partial charge is 0.162 e. The molecule has 5 rings (SSSR count). The number of aromatic nitrogens is 3. The zero-order chi connectivity index (χ0) is 18.8. The van der Waals surface area contributed by atoms with Crippen LogP contribution in [0.2, 0.25) is 5.02 Å². The van der Waals surface area contributed by atoms with Crippen molar-refractivity contribution in [2.75, 3.05) is 20.1 Å². The van der Waals surface area contributed by atoms with Crippen molar-refractivity contribution < 1.29 is 5.11 Å². The molecule has 1 aliphatic heterocycles. The van der Waals surface area contributed by atoms with Gasteiger partial charge in [-0.25, -0.2) is 0 Å². The van der Waals surface area contributed by atoms with Crippen LogP contribution in [0.1, 0.15) is 18.4 Å². The first-order valence-corrected chi connectivity index (χ1v) is 9.81. The van der Waals surface area contributed by atoms with E-state index in [1.165, 1.54) is 25.9 Å². The molecule has 2 fully saturated rings. The molecule has 1 aliphatic carbocycles. The number of aryl methyl sites for hydroxylation is 1. The molecule has 1 N–H and O–H groups in total. The van der Waals surface area contributed by atoms with E-state index >= 15 is 0 Å². The highest BCUT2D eigenvalue weighted by Gasteiger charge is 2.50. The van der Waals surface area contributed by atoms with Crippen LogP contribution < -0.4 is 0 Å². The number of rotatable bonds is 3. The molecule has 0 radical (unpaired) electrons. The lowest BCUT2D eigenvalue weighted by molar-refractivity contribution is -0.0853. The summed E-state index contributed by atoms with van der Waals surface area (Å²) in [4.78, 5) is 2.41. The molecule has 1 saturated heterocycles. The maximum atomic E-state index is 10.3. The van der Waals surface area contributed by atoms with E-state index in [4.69, 9.17) is 11.6 Å². The number of halogens is 1. The maximum absolute atomic E-state index is 10.3. The molecule has 0 bridgehead atoms. The highest BCUT2D eigenvalue weighted by molar-refractivity contribution is 6.31. The zero-order valence-electron chi connectivity index (χ0n) is 15.6. The Hall–Kier alpha value is -2.11. The quantitative estimate of drug-likeness (QED) is 0.740. The largest absolute Gasteiger partial charge is 0.507 e. The van der Waals surface area contributed by atoms with Crippen LogP contribution in [0.5, 0.6) is 5.75 Å². The fourth-order valence-corrected chi connectivity index (χ4v) is 5.51. The monoisotopic (exact) mass is 382 g/mol. The SMILES string of the molecule is Cc1cc(Cl)cc(O)c1-c1cc2ccn(CC3CC4(C3)CN(C)C4)c2nn1.